The number of fused-ring (bicyclic) bond motifs is 1. The van der Waals surface area contributed by atoms with Crippen LogP contribution in [0.3, 0.4) is 0 Å². The van der Waals surface area contributed by atoms with Crippen LogP contribution in [-0.4, -0.2) is 20.9 Å². The maximum Gasteiger partial charge on any atom is 0.338 e. The average molecular weight is 424 g/mol. The number of nitrogens with one attached hydrogen (secondary N) is 1. The van der Waals surface area contributed by atoms with Crippen LogP contribution in [0.4, 0.5) is 0 Å². The van der Waals surface area contributed by atoms with Crippen molar-refractivity contribution < 1.29 is 9.53 Å². The third kappa shape index (κ3) is 4.55. The van der Waals surface area contributed by atoms with Gasteiger partial charge in [-0.2, -0.15) is 0 Å². The van der Waals surface area contributed by atoms with Crippen molar-refractivity contribution in [2.45, 2.75) is 23.7 Å². The molecule has 6 nitrogen and oxygen atoms in total. The van der Waals surface area contributed by atoms with Crippen LogP contribution in [0.25, 0.3) is 10.9 Å². The summed E-state index contributed by atoms with van der Waals surface area (Å²) in [5, 5.41) is 2.52. The number of thiazole rings is 1. The molecule has 4 rings (SSSR count). The molecule has 0 fully saturated rings. The molecule has 0 aliphatic carbocycles. The van der Waals surface area contributed by atoms with Crippen molar-refractivity contribution >= 4 is 40.0 Å². The molecule has 0 radical (unpaired) electrons. The zero-order chi connectivity index (χ0) is 20.2. The van der Waals surface area contributed by atoms with Gasteiger partial charge in [0.05, 0.1) is 27.7 Å². The molecule has 1 N–H and O–H groups in total. The van der Waals surface area contributed by atoms with Gasteiger partial charge in [0.15, 0.2) is 11.9 Å². The van der Waals surface area contributed by atoms with Crippen LogP contribution < -0.4 is 5.56 Å². The number of benzene rings is 2. The van der Waals surface area contributed by atoms with Crippen molar-refractivity contribution in [1.29, 1.82) is 0 Å². The molecule has 0 unspecified atom stereocenters. The zero-order valence-corrected chi connectivity index (χ0v) is 17.1. The summed E-state index contributed by atoms with van der Waals surface area (Å²) in [6.45, 7) is 1.68. The number of carbonyl (C=O) groups excluding carboxylic acids is 1. The van der Waals surface area contributed by atoms with Crippen LogP contribution in [-0.2, 0) is 10.5 Å². The quantitative estimate of drug-likeness (QED) is 0.361. The van der Waals surface area contributed by atoms with Crippen molar-refractivity contribution in [3.05, 3.63) is 86.9 Å². The van der Waals surface area contributed by atoms with E-state index in [4.69, 9.17) is 4.74 Å². The highest BCUT2D eigenvalue weighted by atomic mass is 32.2. The van der Waals surface area contributed by atoms with E-state index in [-0.39, 0.29) is 5.56 Å². The van der Waals surface area contributed by atoms with Gasteiger partial charge >= 0.3 is 5.97 Å². The lowest BCUT2D eigenvalue weighted by atomic mass is 10.2. The molecule has 0 bridgehead atoms. The Morgan fingerprint density at radius 3 is 2.76 bits per heavy atom. The summed E-state index contributed by atoms with van der Waals surface area (Å²) in [6.07, 6.45) is -0.682. The normalized spacial score (nSPS) is 12.0. The number of para-hydroxylation sites is 1. The van der Waals surface area contributed by atoms with Gasteiger partial charge in [-0.25, -0.2) is 14.8 Å². The lowest BCUT2D eigenvalue weighted by Crippen LogP contribution is -2.17. The van der Waals surface area contributed by atoms with Gasteiger partial charge in [0.1, 0.15) is 0 Å². The van der Waals surface area contributed by atoms with E-state index in [0.717, 1.165) is 16.3 Å². The van der Waals surface area contributed by atoms with Gasteiger partial charge in [0, 0.05) is 16.0 Å². The van der Waals surface area contributed by atoms with E-state index in [0.29, 0.717) is 22.3 Å². The SMILES string of the molecule is C[C@H](OC(=O)c1ccc(SCc2cscn2)cc1)c1nc2ccccc2c(=O)[nH]1. The van der Waals surface area contributed by atoms with Gasteiger partial charge in [-0.3, -0.25) is 4.79 Å². The Balaban J connectivity index is 1.42. The van der Waals surface area contributed by atoms with Gasteiger partial charge in [0.25, 0.3) is 5.56 Å². The van der Waals surface area contributed by atoms with E-state index < -0.39 is 12.1 Å². The summed E-state index contributed by atoms with van der Waals surface area (Å²) in [4.78, 5) is 37.1. The Bertz CT molecular complexity index is 1190. The molecule has 2 aromatic carbocycles. The molecule has 0 spiro atoms. The number of rotatable bonds is 6. The molecule has 1 atom stereocenters. The van der Waals surface area contributed by atoms with E-state index >= 15 is 0 Å². The lowest BCUT2D eigenvalue weighted by molar-refractivity contribution is 0.0320. The highest BCUT2D eigenvalue weighted by molar-refractivity contribution is 7.98. The molecule has 4 aromatic rings. The highest BCUT2D eigenvalue weighted by Gasteiger charge is 2.17. The molecule has 146 valence electrons. The average Bonchev–Trinajstić information content (AvgIpc) is 3.26. The van der Waals surface area contributed by atoms with Crippen LogP contribution in [0.1, 0.15) is 34.9 Å². The second kappa shape index (κ2) is 8.59. The Kier molecular flexibility index (Phi) is 5.73. The van der Waals surface area contributed by atoms with Crippen molar-refractivity contribution in [1.82, 2.24) is 15.0 Å². The number of hydrogen-bond donors (Lipinski definition) is 1. The van der Waals surface area contributed by atoms with Crippen LogP contribution in [0.2, 0.25) is 0 Å². The van der Waals surface area contributed by atoms with Crippen molar-refractivity contribution in [3.8, 4) is 0 Å². The second-order valence-corrected chi connectivity index (χ2v) is 8.08. The summed E-state index contributed by atoms with van der Waals surface area (Å²) in [5.74, 6) is 0.632. The maximum absolute atomic E-state index is 12.5. The third-order valence-electron chi connectivity index (χ3n) is 4.26. The molecular formula is C21H17N3O3S2. The number of esters is 1. The molecule has 0 aliphatic heterocycles. The monoisotopic (exact) mass is 423 g/mol. The summed E-state index contributed by atoms with van der Waals surface area (Å²) < 4.78 is 5.50. The number of aromatic nitrogens is 3. The number of aromatic amines is 1. The van der Waals surface area contributed by atoms with Crippen molar-refractivity contribution in [3.63, 3.8) is 0 Å². The number of thioether (sulfide) groups is 1. The first-order chi connectivity index (χ1) is 14.1. The molecule has 0 saturated heterocycles. The fourth-order valence-corrected chi connectivity index (χ4v) is 4.20. The molecule has 0 aliphatic rings. The zero-order valence-electron chi connectivity index (χ0n) is 15.5. The Morgan fingerprint density at radius 2 is 2.00 bits per heavy atom. The predicted octanol–water partition coefficient (Wildman–Crippen LogP) is 4.59. The minimum atomic E-state index is -0.682. The highest BCUT2D eigenvalue weighted by Crippen LogP contribution is 2.24. The molecule has 2 aromatic heterocycles. The van der Waals surface area contributed by atoms with Gasteiger partial charge in [-0.15, -0.1) is 23.1 Å². The Hall–Kier alpha value is -2.97. The molecule has 29 heavy (non-hydrogen) atoms. The summed E-state index contributed by atoms with van der Waals surface area (Å²) in [6, 6.07) is 14.3. The van der Waals surface area contributed by atoms with Gasteiger partial charge in [-0.05, 0) is 43.3 Å². The number of ether oxygens (including phenoxy) is 1. The number of hydrogen-bond acceptors (Lipinski definition) is 7. The van der Waals surface area contributed by atoms with E-state index in [2.05, 4.69) is 15.0 Å². The molecular weight excluding hydrogens is 406 g/mol. The largest absolute Gasteiger partial charge is 0.451 e. The van der Waals surface area contributed by atoms with E-state index in [1.54, 1.807) is 60.4 Å². The Labute approximate surface area is 175 Å². The molecule has 0 amide bonds. The number of carbonyl (C=O) groups is 1. The lowest BCUT2D eigenvalue weighted by Gasteiger charge is -2.13. The second-order valence-electron chi connectivity index (χ2n) is 6.31. The van der Waals surface area contributed by atoms with Crippen LogP contribution in [0.15, 0.2) is 69.1 Å². The van der Waals surface area contributed by atoms with E-state index in [1.165, 1.54) is 0 Å². The number of H-pyrrole nitrogens is 1. The van der Waals surface area contributed by atoms with Crippen molar-refractivity contribution in [2.24, 2.45) is 0 Å². The first-order valence-corrected chi connectivity index (χ1v) is 10.8. The van der Waals surface area contributed by atoms with Crippen LogP contribution in [0.5, 0.6) is 0 Å². The minimum Gasteiger partial charge on any atom is -0.451 e. The standard InChI is InChI=1S/C21H17N3O3S2/c1-13(19-23-18-5-3-2-4-17(18)20(25)24-19)27-21(26)14-6-8-16(9-7-14)29-11-15-10-28-12-22-15/h2-10,12-13H,11H2,1H3,(H,23,24,25)/t13-/m0/s1. The maximum atomic E-state index is 12.5. The van der Waals surface area contributed by atoms with Gasteiger partial charge in [-0.1, -0.05) is 12.1 Å². The van der Waals surface area contributed by atoms with Gasteiger partial charge < -0.3 is 9.72 Å². The van der Waals surface area contributed by atoms with E-state index in [1.807, 2.05) is 29.1 Å². The van der Waals surface area contributed by atoms with Crippen LogP contribution in [0, 0.1) is 0 Å². The summed E-state index contributed by atoms with van der Waals surface area (Å²) in [5.41, 5.74) is 3.60. The van der Waals surface area contributed by atoms with Crippen molar-refractivity contribution in [2.75, 3.05) is 0 Å². The van der Waals surface area contributed by atoms with Gasteiger partial charge in [0.2, 0.25) is 0 Å². The molecule has 0 saturated carbocycles. The fourth-order valence-electron chi connectivity index (χ4n) is 2.73. The minimum absolute atomic E-state index is 0.255. The fraction of sp³-hybridized carbons (Fsp3) is 0.143. The Morgan fingerprint density at radius 1 is 1.21 bits per heavy atom. The summed E-state index contributed by atoms with van der Waals surface area (Å²) >= 11 is 3.23. The first kappa shape index (κ1) is 19.4. The number of nitrogens with zero attached hydrogens (tertiary/aromatic N) is 2. The van der Waals surface area contributed by atoms with Crippen LogP contribution >= 0.6 is 23.1 Å². The molecule has 2 heterocycles. The predicted molar refractivity (Wildman–Crippen MR) is 114 cm³/mol. The topological polar surface area (TPSA) is 84.9 Å². The van der Waals surface area contributed by atoms with E-state index in [9.17, 15) is 9.59 Å². The smallest absolute Gasteiger partial charge is 0.338 e. The third-order valence-corrected chi connectivity index (χ3v) is 5.94. The summed E-state index contributed by atoms with van der Waals surface area (Å²) in [7, 11) is 0. The first-order valence-electron chi connectivity index (χ1n) is 8.90. The molecule has 8 heteroatoms.